The third-order valence-corrected chi connectivity index (χ3v) is 7.06. The van der Waals surface area contributed by atoms with E-state index in [9.17, 15) is 0 Å². The van der Waals surface area contributed by atoms with Gasteiger partial charge in [-0.05, 0) is 59.2 Å². The number of nitrogens with zero attached hydrogens (tertiary/aromatic N) is 1. The summed E-state index contributed by atoms with van der Waals surface area (Å²) in [6.45, 7) is 0. The van der Waals surface area contributed by atoms with E-state index in [4.69, 9.17) is 8.83 Å². The van der Waals surface area contributed by atoms with Crippen LogP contribution in [-0.2, 0) is 0 Å². The maximum Gasteiger partial charge on any atom is 0.136 e. The fraction of sp³-hybridized carbons (Fsp3) is 0.0323. The number of allylic oxidation sites excluding steroid dienone is 2. The molecule has 1 unspecified atom stereocenters. The summed E-state index contributed by atoms with van der Waals surface area (Å²) < 4.78 is 12.4. The van der Waals surface area contributed by atoms with E-state index in [1.165, 1.54) is 11.1 Å². The lowest BCUT2D eigenvalue weighted by molar-refractivity contribution is 0.427. The highest BCUT2D eigenvalue weighted by Gasteiger charge is 2.21. The molecule has 2 aliphatic rings. The molecular weight excluding hydrogens is 432 g/mol. The second kappa shape index (κ2) is 6.90. The number of fused-ring (bicyclic) bond motifs is 7. The van der Waals surface area contributed by atoms with Gasteiger partial charge in [0.2, 0.25) is 0 Å². The van der Waals surface area contributed by atoms with Crippen molar-refractivity contribution in [3.05, 3.63) is 115 Å². The van der Waals surface area contributed by atoms with Crippen LogP contribution in [0, 0.1) is 0 Å². The van der Waals surface area contributed by atoms with Crippen molar-refractivity contribution in [2.24, 2.45) is 0 Å². The van der Waals surface area contributed by atoms with E-state index in [1.807, 2.05) is 18.2 Å². The molecule has 4 nitrogen and oxygen atoms in total. The van der Waals surface area contributed by atoms with Crippen LogP contribution in [0.4, 0.5) is 0 Å². The van der Waals surface area contributed by atoms with Crippen LogP contribution in [0.2, 0.25) is 0 Å². The van der Waals surface area contributed by atoms with E-state index in [2.05, 4.69) is 102 Å². The smallest absolute Gasteiger partial charge is 0.136 e. The Morgan fingerprint density at radius 3 is 2.11 bits per heavy atom. The monoisotopic (exact) mass is 452 g/mol. The van der Waals surface area contributed by atoms with Gasteiger partial charge >= 0.3 is 0 Å². The summed E-state index contributed by atoms with van der Waals surface area (Å²) in [5.41, 5.74) is 8.18. The van der Waals surface area contributed by atoms with Gasteiger partial charge in [-0.15, -0.1) is 0 Å². The van der Waals surface area contributed by atoms with Crippen molar-refractivity contribution >= 4 is 49.6 Å². The summed E-state index contributed by atoms with van der Waals surface area (Å²) >= 11 is 0. The minimum Gasteiger partial charge on any atom is -0.456 e. The van der Waals surface area contributed by atoms with Crippen molar-refractivity contribution in [1.82, 2.24) is 10.2 Å². The minimum atomic E-state index is 0.199. The lowest BCUT2D eigenvalue weighted by Gasteiger charge is -2.20. The lowest BCUT2D eigenvalue weighted by atomic mass is 10.0. The molecule has 0 radical (unpaired) electrons. The van der Waals surface area contributed by atoms with Crippen molar-refractivity contribution in [2.45, 2.75) is 6.17 Å². The molecule has 1 atom stereocenters. The molecule has 0 saturated heterocycles. The molecule has 8 rings (SSSR count). The number of benzene rings is 4. The molecule has 4 heterocycles. The van der Waals surface area contributed by atoms with E-state index in [1.54, 1.807) is 0 Å². The second-order valence-corrected chi connectivity index (χ2v) is 9.14. The molecule has 4 heteroatoms. The number of para-hydroxylation sites is 1. The van der Waals surface area contributed by atoms with E-state index < -0.39 is 0 Å². The predicted octanol–water partition coefficient (Wildman–Crippen LogP) is 7.77. The highest BCUT2D eigenvalue weighted by atomic mass is 16.3. The fourth-order valence-corrected chi connectivity index (χ4v) is 5.28. The van der Waals surface area contributed by atoms with Crippen LogP contribution in [0.3, 0.4) is 0 Å². The molecule has 35 heavy (non-hydrogen) atoms. The van der Waals surface area contributed by atoms with Gasteiger partial charge in [0.05, 0.1) is 5.70 Å². The van der Waals surface area contributed by atoms with E-state index in [0.717, 1.165) is 55.1 Å². The van der Waals surface area contributed by atoms with Gasteiger partial charge in [0, 0.05) is 33.9 Å². The van der Waals surface area contributed by atoms with Gasteiger partial charge in [0.15, 0.2) is 0 Å². The number of rotatable bonds is 2. The summed E-state index contributed by atoms with van der Waals surface area (Å²) in [4.78, 5) is 2.18. The standard InChI is InChI=1S/C31H20N2O2/c1-2-6-27-22(5-1)24-16-30-25(17-29(24)34-27)23-15-21(12-13-28(23)35-30)19-8-10-20(11-9-19)26-18-33-14-4-3-7-31(33)32-26/h1-18,31-32H. The quantitative estimate of drug-likeness (QED) is 0.291. The molecule has 1 N–H and O–H groups in total. The SMILES string of the molecule is C1=CC2NC(c3ccc(-c4ccc5oc6cc7c(cc6c5c4)oc4ccccc47)cc3)=CN2C=C1. The van der Waals surface area contributed by atoms with Crippen molar-refractivity contribution in [1.29, 1.82) is 0 Å². The number of nitrogens with one attached hydrogen (secondary N) is 1. The largest absolute Gasteiger partial charge is 0.456 e. The van der Waals surface area contributed by atoms with Crippen LogP contribution in [0.15, 0.2) is 118 Å². The molecule has 6 aromatic rings. The highest BCUT2D eigenvalue weighted by molar-refractivity contribution is 6.15. The van der Waals surface area contributed by atoms with Crippen LogP contribution in [0.25, 0.3) is 60.7 Å². The first kappa shape index (κ1) is 18.7. The van der Waals surface area contributed by atoms with Crippen LogP contribution >= 0.6 is 0 Å². The van der Waals surface area contributed by atoms with Crippen molar-refractivity contribution < 1.29 is 8.83 Å². The molecule has 0 aliphatic carbocycles. The van der Waals surface area contributed by atoms with E-state index >= 15 is 0 Å². The number of furan rings is 2. The first-order valence-corrected chi connectivity index (χ1v) is 11.8. The zero-order valence-corrected chi connectivity index (χ0v) is 18.7. The molecular formula is C31H20N2O2. The van der Waals surface area contributed by atoms with Crippen LogP contribution < -0.4 is 5.32 Å². The first-order chi connectivity index (χ1) is 17.3. The lowest BCUT2D eigenvalue weighted by Crippen LogP contribution is -2.31. The maximum absolute atomic E-state index is 6.23. The Labute approximate surface area is 201 Å². The predicted molar refractivity (Wildman–Crippen MR) is 141 cm³/mol. The van der Waals surface area contributed by atoms with Gasteiger partial charge < -0.3 is 19.1 Å². The van der Waals surface area contributed by atoms with Crippen LogP contribution in [0.1, 0.15) is 5.56 Å². The third-order valence-electron chi connectivity index (χ3n) is 7.06. The Bertz CT molecular complexity index is 1880. The molecule has 2 aromatic heterocycles. The molecule has 0 spiro atoms. The molecule has 166 valence electrons. The van der Waals surface area contributed by atoms with E-state index in [-0.39, 0.29) is 6.17 Å². The van der Waals surface area contributed by atoms with E-state index in [0.29, 0.717) is 0 Å². The Balaban J connectivity index is 1.19. The summed E-state index contributed by atoms with van der Waals surface area (Å²) in [5.74, 6) is 0. The number of hydrogen-bond donors (Lipinski definition) is 1. The highest BCUT2D eigenvalue weighted by Crippen LogP contribution is 2.38. The van der Waals surface area contributed by atoms with Crippen molar-refractivity contribution in [3.63, 3.8) is 0 Å². The molecule has 0 bridgehead atoms. The average molecular weight is 453 g/mol. The Morgan fingerprint density at radius 2 is 1.29 bits per heavy atom. The molecule has 4 aromatic carbocycles. The van der Waals surface area contributed by atoms with Crippen molar-refractivity contribution in [3.8, 4) is 11.1 Å². The van der Waals surface area contributed by atoms with Gasteiger partial charge in [-0.2, -0.15) is 0 Å². The third kappa shape index (κ3) is 2.80. The van der Waals surface area contributed by atoms with Crippen molar-refractivity contribution in [2.75, 3.05) is 0 Å². The topological polar surface area (TPSA) is 41.6 Å². The summed E-state index contributed by atoms with van der Waals surface area (Å²) in [6, 6.07) is 27.5. The van der Waals surface area contributed by atoms with Gasteiger partial charge in [0.25, 0.3) is 0 Å². The normalized spacial score (nSPS) is 17.0. The summed E-state index contributed by atoms with van der Waals surface area (Å²) in [7, 11) is 0. The fourth-order valence-electron chi connectivity index (χ4n) is 5.28. The second-order valence-electron chi connectivity index (χ2n) is 9.14. The Hall–Kier alpha value is -4.70. The van der Waals surface area contributed by atoms with Gasteiger partial charge in [-0.25, -0.2) is 0 Å². The molecule has 0 saturated carbocycles. The Kier molecular flexibility index (Phi) is 3.69. The summed E-state index contributed by atoms with van der Waals surface area (Å²) in [6.07, 6.45) is 10.7. The van der Waals surface area contributed by atoms with Crippen LogP contribution in [0.5, 0.6) is 0 Å². The zero-order chi connectivity index (χ0) is 22.9. The summed E-state index contributed by atoms with van der Waals surface area (Å²) in [5, 5.41) is 7.93. The molecule has 0 amide bonds. The Morgan fingerprint density at radius 1 is 0.600 bits per heavy atom. The van der Waals surface area contributed by atoms with Gasteiger partial charge in [-0.1, -0.05) is 54.6 Å². The number of hydrogen-bond acceptors (Lipinski definition) is 4. The zero-order valence-electron chi connectivity index (χ0n) is 18.7. The minimum absolute atomic E-state index is 0.199. The first-order valence-electron chi connectivity index (χ1n) is 11.8. The average Bonchev–Trinajstić information content (AvgIpc) is 3.60. The van der Waals surface area contributed by atoms with Gasteiger partial charge in [-0.3, -0.25) is 0 Å². The molecule has 2 aliphatic heterocycles. The maximum atomic E-state index is 6.23. The van der Waals surface area contributed by atoms with Crippen LogP contribution in [-0.4, -0.2) is 11.1 Å². The molecule has 0 fully saturated rings. The van der Waals surface area contributed by atoms with Gasteiger partial charge in [0.1, 0.15) is 28.5 Å².